The summed E-state index contributed by atoms with van der Waals surface area (Å²) in [4.78, 5) is 25.1. The predicted octanol–water partition coefficient (Wildman–Crippen LogP) is -0.394. The van der Waals surface area contributed by atoms with E-state index in [-0.39, 0.29) is 5.91 Å². The van der Waals surface area contributed by atoms with E-state index in [2.05, 4.69) is 44.9 Å². The molecule has 2 fully saturated rings. The lowest BCUT2D eigenvalue weighted by Gasteiger charge is -2.34. The Bertz CT molecular complexity index is 547. The molecule has 0 spiro atoms. The Morgan fingerprint density at radius 2 is 2.04 bits per heavy atom. The van der Waals surface area contributed by atoms with Crippen LogP contribution in [0.25, 0.3) is 0 Å². The molecule has 1 aromatic rings. The number of hydrogen-bond acceptors (Lipinski definition) is 7. The molecule has 2 aliphatic rings. The van der Waals surface area contributed by atoms with E-state index >= 15 is 0 Å². The number of carbonyl (C=O) groups is 1. The Kier molecular flexibility index (Phi) is 6.17. The molecule has 8 nitrogen and oxygen atoms in total. The van der Waals surface area contributed by atoms with Gasteiger partial charge in [-0.25, -0.2) is 9.97 Å². The second-order valence-electron chi connectivity index (χ2n) is 6.89. The number of nitrogens with one attached hydrogen (secondary N) is 3. The van der Waals surface area contributed by atoms with Crippen molar-refractivity contribution < 1.29 is 4.79 Å². The average molecular weight is 347 g/mol. The highest BCUT2D eigenvalue weighted by atomic mass is 16.2. The van der Waals surface area contributed by atoms with E-state index in [9.17, 15) is 4.79 Å². The smallest absolute Gasteiger partial charge is 0.225 e. The third-order valence-corrected chi connectivity index (χ3v) is 5.22. The van der Waals surface area contributed by atoms with Crippen LogP contribution in [-0.2, 0) is 4.79 Å². The van der Waals surface area contributed by atoms with Gasteiger partial charge in [-0.2, -0.15) is 0 Å². The molecule has 138 valence electrons. The van der Waals surface area contributed by atoms with Crippen molar-refractivity contribution in [2.45, 2.75) is 32.4 Å². The standard InChI is InChI=1S/C17H29N7O/c1-13(15-12-21-22-14(15)2)18-7-4-16(25)23-8-10-24(11-9-23)17-19-5-3-6-20-17/h3,5-6,13-15,18,21-22H,4,7-12H2,1-2H3. The lowest BCUT2D eigenvalue weighted by atomic mass is 9.96. The molecule has 3 heterocycles. The lowest BCUT2D eigenvalue weighted by Crippen LogP contribution is -2.50. The van der Waals surface area contributed by atoms with Crippen LogP contribution in [0.2, 0.25) is 0 Å². The Balaban J connectivity index is 1.37. The monoisotopic (exact) mass is 347 g/mol. The van der Waals surface area contributed by atoms with E-state index < -0.39 is 0 Å². The first-order chi connectivity index (χ1) is 12.1. The van der Waals surface area contributed by atoms with E-state index in [1.807, 2.05) is 11.0 Å². The molecule has 0 aliphatic carbocycles. The van der Waals surface area contributed by atoms with Gasteiger partial charge in [0.15, 0.2) is 0 Å². The van der Waals surface area contributed by atoms with Crippen LogP contribution < -0.4 is 21.1 Å². The lowest BCUT2D eigenvalue weighted by molar-refractivity contribution is -0.131. The Morgan fingerprint density at radius 1 is 1.32 bits per heavy atom. The van der Waals surface area contributed by atoms with Gasteiger partial charge in [0.1, 0.15) is 0 Å². The van der Waals surface area contributed by atoms with Crippen molar-refractivity contribution in [3.8, 4) is 0 Å². The van der Waals surface area contributed by atoms with Gasteiger partial charge in [0, 0.05) is 76.1 Å². The highest BCUT2D eigenvalue weighted by Gasteiger charge is 2.28. The fourth-order valence-corrected chi connectivity index (χ4v) is 3.56. The van der Waals surface area contributed by atoms with Gasteiger partial charge in [0.2, 0.25) is 11.9 Å². The summed E-state index contributed by atoms with van der Waals surface area (Å²) in [6, 6.07) is 2.65. The van der Waals surface area contributed by atoms with Gasteiger partial charge in [-0.15, -0.1) is 0 Å². The summed E-state index contributed by atoms with van der Waals surface area (Å²) in [5, 5.41) is 3.50. The van der Waals surface area contributed by atoms with Gasteiger partial charge in [-0.05, 0) is 19.9 Å². The highest BCUT2D eigenvalue weighted by molar-refractivity contribution is 5.76. The van der Waals surface area contributed by atoms with Crippen LogP contribution in [0.4, 0.5) is 5.95 Å². The Morgan fingerprint density at radius 3 is 2.68 bits per heavy atom. The maximum atomic E-state index is 12.4. The van der Waals surface area contributed by atoms with E-state index in [1.54, 1.807) is 12.4 Å². The third kappa shape index (κ3) is 4.65. The van der Waals surface area contributed by atoms with Crippen molar-refractivity contribution in [2.75, 3.05) is 44.2 Å². The largest absolute Gasteiger partial charge is 0.339 e. The molecule has 0 aromatic carbocycles. The number of piperazine rings is 1. The number of carbonyl (C=O) groups excluding carboxylic acids is 1. The van der Waals surface area contributed by atoms with Crippen LogP contribution in [-0.4, -0.2) is 72.1 Å². The molecule has 1 aromatic heterocycles. The summed E-state index contributed by atoms with van der Waals surface area (Å²) in [5.74, 6) is 1.52. The zero-order valence-corrected chi connectivity index (χ0v) is 15.1. The van der Waals surface area contributed by atoms with Crippen molar-refractivity contribution >= 4 is 11.9 Å². The van der Waals surface area contributed by atoms with Crippen LogP contribution in [0.1, 0.15) is 20.3 Å². The quantitative estimate of drug-likeness (QED) is 0.646. The molecule has 0 radical (unpaired) electrons. The molecule has 3 atom stereocenters. The first-order valence-corrected chi connectivity index (χ1v) is 9.16. The van der Waals surface area contributed by atoms with Crippen LogP contribution in [0.15, 0.2) is 18.5 Å². The van der Waals surface area contributed by atoms with Gasteiger partial charge in [0.25, 0.3) is 0 Å². The number of amides is 1. The Labute approximate surface area is 149 Å². The van der Waals surface area contributed by atoms with E-state index in [4.69, 9.17) is 0 Å². The molecule has 0 bridgehead atoms. The number of hydrogen-bond donors (Lipinski definition) is 3. The van der Waals surface area contributed by atoms with Crippen molar-refractivity contribution in [1.82, 2.24) is 31.0 Å². The summed E-state index contributed by atoms with van der Waals surface area (Å²) in [7, 11) is 0. The molecule has 1 amide bonds. The summed E-state index contributed by atoms with van der Waals surface area (Å²) in [6.45, 7) is 9.12. The van der Waals surface area contributed by atoms with Gasteiger partial charge in [0.05, 0.1) is 0 Å². The fraction of sp³-hybridized carbons (Fsp3) is 0.706. The first-order valence-electron chi connectivity index (χ1n) is 9.16. The van der Waals surface area contributed by atoms with Crippen molar-refractivity contribution in [2.24, 2.45) is 5.92 Å². The number of rotatable bonds is 6. The molecular formula is C17H29N7O. The van der Waals surface area contributed by atoms with Crippen molar-refractivity contribution in [1.29, 1.82) is 0 Å². The number of aromatic nitrogens is 2. The summed E-state index contributed by atoms with van der Waals surface area (Å²) < 4.78 is 0. The van der Waals surface area contributed by atoms with E-state index in [0.717, 1.165) is 45.2 Å². The van der Waals surface area contributed by atoms with Crippen LogP contribution in [0, 0.1) is 5.92 Å². The summed E-state index contributed by atoms with van der Waals surface area (Å²) in [5.41, 5.74) is 6.43. The molecule has 8 heteroatoms. The topological polar surface area (TPSA) is 85.4 Å². The molecule has 25 heavy (non-hydrogen) atoms. The second-order valence-corrected chi connectivity index (χ2v) is 6.89. The fourth-order valence-electron chi connectivity index (χ4n) is 3.56. The molecule has 2 saturated heterocycles. The minimum Gasteiger partial charge on any atom is -0.339 e. The summed E-state index contributed by atoms with van der Waals surface area (Å²) >= 11 is 0. The first kappa shape index (κ1) is 18.0. The minimum absolute atomic E-state index is 0.226. The van der Waals surface area contributed by atoms with Crippen LogP contribution >= 0.6 is 0 Å². The number of hydrazine groups is 1. The molecule has 3 rings (SSSR count). The minimum atomic E-state index is 0.226. The normalized spacial score (nSPS) is 25.2. The SMILES string of the molecule is CC(NCCC(=O)N1CCN(c2ncccn2)CC1)C1CNNC1C. The van der Waals surface area contributed by atoms with E-state index in [0.29, 0.717) is 24.4 Å². The maximum absolute atomic E-state index is 12.4. The zero-order valence-electron chi connectivity index (χ0n) is 15.1. The van der Waals surface area contributed by atoms with E-state index in [1.165, 1.54) is 0 Å². The zero-order chi connectivity index (χ0) is 17.6. The van der Waals surface area contributed by atoms with Gasteiger partial charge >= 0.3 is 0 Å². The van der Waals surface area contributed by atoms with Crippen molar-refractivity contribution in [3.63, 3.8) is 0 Å². The molecule has 3 N–H and O–H groups in total. The van der Waals surface area contributed by atoms with Crippen LogP contribution in [0.3, 0.4) is 0 Å². The Hall–Kier alpha value is -1.77. The van der Waals surface area contributed by atoms with Crippen molar-refractivity contribution in [3.05, 3.63) is 18.5 Å². The second kappa shape index (κ2) is 8.55. The number of anilines is 1. The van der Waals surface area contributed by atoms with Gasteiger partial charge in [-0.3, -0.25) is 15.6 Å². The number of nitrogens with zero attached hydrogens (tertiary/aromatic N) is 4. The molecule has 0 saturated carbocycles. The highest BCUT2D eigenvalue weighted by Crippen LogP contribution is 2.13. The maximum Gasteiger partial charge on any atom is 0.225 e. The average Bonchev–Trinajstić information content (AvgIpc) is 3.08. The molecular weight excluding hydrogens is 318 g/mol. The van der Waals surface area contributed by atoms with Gasteiger partial charge < -0.3 is 15.1 Å². The summed E-state index contributed by atoms with van der Waals surface area (Å²) in [6.07, 6.45) is 4.06. The molecule has 2 aliphatic heterocycles. The molecule has 3 unspecified atom stereocenters. The van der Waals surface area contributed by atoms with Gasteiger partial charge in [-0.1, -0.05) is 0 Å². The van der Waals surface area contributed by atoms with Crippen LogP contribution in [0.5, 0.6) is 0 Å². The predicted molar refractivity (Wildman–Crippen MR) is 97.0 cm³/mol. The third-order valence-electron chi connectivity index (χ3n) is 5.22.